The summed E-state index contributed by atoms with van der Waals surface area (Å²) in [5, 5.41) is 3.21. The molecule has 0 aliphatic carbocycles. The minimum Gasteiger partial charge on any atom is -0.0678 e. The monoisotopic (exact) mass is 326 g/mol. The Bertz CT molecular complexity index is 511. The number of hydrogen-bond acceptors (Lipinski definition) is 0. The van der Waals surface area contributed by atoms with E-state index in [4.69, 9.17) is 0 Å². The van der Waals surface area contributed by atoms with Gasteiger partial charge in [0.25, 0.3) is 0 Å². The van der Waals surface area contributed by atoms with Crippen molar-refractivity contribution in [1.82, 2.24) is 0 Å². The summed E-state index contributed by atoms with van der Waals surface area (Å²) in [6.45, 7) is 9.90. The molecule has 0 N–H and O–H groups in total. The maximum absolute atomic E-state index is 2.60. The molecule has 0 unspecified atom stereocenters. The van der Waals surface area contributed by atoms with E-state index in [9.17, 15) is 0 Å². The van der Waals surface area contributed by atoms with Crippen LogP contribution >= 0.6 is 0 Å². The van der Waals surface area contributed by atoms with Gasteiger partial charge < -0.3 is 0 Å². The van der Waals surface area contributed by atoms with Gasteiger partial charge in [-0.3, -0.25) is 0 Å². The molecule has 0 bridgehead atoms. The van der Waals surface area contributed by atoms with Crippen LogP contribution < -0.4 is 10.4 Å². The fourth-order valence-electron chi connectivity index (χ4n) is 3.86. The van der Waals surface area contributed by atoms with Crippen molar-refractivity contribution in [2.24, 2.45) is 0 Å². The molecule has 0 spiro atoms. The first-order valence-corrected chi connectivity index (χ1v) is 14.2. The quantitative estimate of drug-likeness (QED) is 0.633. The van der Waals surface area contributed by atoms with Gasteiger partial charge in [0.1, 0.15) is 8.07 Å². The largest absolute Gasteiger partial charge is 0.112 e. The lowest BCUT2D eigenvalue weighted by Crippen LogP contribution is -2.60. The molecular formula is C20H30Si2. The molecule has 0 aromatic heterocycles. The first-order chi connectivity index (χ1) is 10.6. The molecule has 0 aliphatic heterocycles. The van der Waals surface area contributed by atoms with Crippen LogP contribution in [0.5, 0.6) is 0 Å². The molecule has 0 atom stereocenters. The van der Waals surface area contributed by atoms with Crippen molar-refractivity contribution in [3.05, 3.63) is 60.7 Å². The van der Waals surface area contributed by atoms with Crippen LogP contribution in [0.25, 0.3) is 0 Å². The van der Waals surface area contributed by atoms with Gasteiger partial charge in [0.15, 0.2) is 0 Å². The van der Waals surface area contributed by atoms with Crippen LogP contribution in [0.1, 0.15) is 20.8 Å². The highest BCUT2D eigenvalue weighted by atomic mass is 28.4. The highest BCUT2D eigenvalue weighted by molar-refractivity contribution is 7.09. The Balaban J connectivity index is 2.52. The van der Waals surface area contributed by atoms with Crippen molar-refractivity contribution in [1.29, 1.82) is 0 Å². The number of benzene rings is 2. The molecule has 22 heavy (non-hydrogen) atoms. The van der Waals surface area contributed by atoms with E-state index in [1.165, 1.54) is 23.8 Å². The van der Waals surface area contributed by atoms with E-state index in [2.05, 4.69) is 88.0 Å². The lowest BCUT2D eigenvalue weighted by atomic mass is 10.4. The van der Waals surface area contributed by atoms with E-state index in [1.54, 1.807) is 10.4 Å². The van der Waals surface area contributed by atoms with E-state index in [-0.39, 0.29) is 0 Å². The normalized spacial score (nSPS) is 12.4. The van der Waals surface area contributed by atoms with E-state index < -0.39 is 16.1 Å². The Kier molecular flexibility index (Phi) is 5.82. The third-order valence-corrected chi connectivity index (χ3v) is 19.3. The minimum absolute atomic E-state index is 1.16. The van der Waals surface area contributed by atoms with Gasteiger partial charge in [0, 0.05) is 0 Å². The van der Waals surface area contributed by atoms with Gasteiger partial charge >= 0.3 is 0 Å². The highest BCUT2D eigenvalue weighted by Gasteiger charge is 2.40. The molecule has 2 heteroatoms. The van der Waals surface area contributed by atoms with Gasteiger partial charge in [-0.05, 0) is 0 Å². The zero-order chi connectivity index (χ0) is 16.1. The maximum atomic E-state index is 2.60. The molecule has 2 aromatic rings. The molecule has 0 aliphatic rings. The SMILES string of the molecule is CC[Si](CC)(CC)C[Si](C)(c1ccccc1)c1ccccc1. The third kappa shape index (κ3) is 3.44. The molecule has 2 rings (SSSR count). The van der Waals surface area contributed by atoms with Crippen LogP contribution in [0.3, 0.4) is 0 Å². The third-order valence-electron chi connectivity index (χ3n) is 5.80. The van der Waals surface area contributed by atoms with Crippen LogP contribution in [0.4, 0.5) is 0 Å². The van der Waals surface area contributed by atoms with Crippen molar-refractivity contribution in [3.63, 3.8) is 0 Å². The molecule has 0 saturated heterocycles. The molecule has 0 saturated carbocycles. The van der Waals surface area contributed by atoms with Crippen LogP contribution in [0.15, 0.2) is 60.7 Å². The smallest absolute Gasteiger partial charge is 0.0678 e. The molecule has 0 heterocycles. The van der Waals surface area contributed by atoms with Crippen LogP contribution in [0.2, 0.25) is 30.3 Å². The van der Waals surface area contributed by atoms with E-state index in [0.717, 1.165) is 0 Å². The van der Waals surface area contributed by atoms with Gasteiger partial charge in [-0.1, -0.05) is 122 Å². The van der Waals surface area contributed by atoms with E-state index >= 15 is 0 Å². The van der Waals surface area contributed by atoms with Gasteiger partial charge in [0.2, 0.25) is 0 Å². The molecule has 0 fully saturated rings. The Morgan fingerprint density at radius 1 is 0.636 bits per heavy atom. The summed E-state index contributed by atoms with van der Waals surface area (Å²) in [5.41, 5.74) is 1.48. The second-order valence-electron chi connectivity index (χ2n) is 6.80. The maximum Gasteiger partial charge on any atom is 0.112 e. The summed E-state index contributed by atoms with van der Waals surface area (Å²) in [7, 11) is -2.79. The second kappa shape index (κ2) is 7.43. The fraction of sp³-hybridized carbons (Fsp3) is 0.400. The van der Waals surface area contributed by atoms with Gasteiger partial charge in [-0.25, -0.2) is 0 Å². The Morgan fingerprint density at radius 2 is 1.00 bits per heavy atom. The van der Waals surface area contributed by atoms with Crippen molar-refractivity contribution >= 4 is 26.5 Å². The number of hydrogen-bond donors (Lipinski definition) is 0. The summed E-state index contributed by atoms with van der Waals surface area (Å²) in [6.07, 6.45) is 0. The molecular weight excluding hydrogens is 296 g/mol. The first kappa shape index (κ1) is 17.2. The second-order valence-corrected chi connectivity index (χ2v) is 17.2. The van der Waals surface area contributed by atoms with E-state index in [1.807, 2.05) is 0 Å². The summed E-state index contributed by atoms with van der Waals surface area (Å²) in [6, 6.07) is 26.9. The molecule has 0 radical (unpaired) electrons. The van der Waals surface area contributed by atoms with Crippen LogP contribution in [-0.4, -0.2) is 16.1 Å². The van der Waals surface area contributed by atoms with Gasteiger partial charge in [-0.15, -0.1) is 0 Å². The van der Waals surface area contributed by atoms with Crippen molar-refractivity contribution in [2.45, 2.75) is 51.1 Å². The Morgan fingerprint density at radius 3 is 1.32 bits per heavy atom. The van der Waals surface area contributed by atoms with Crippen molar-refractivity contribution in [2.75, 3.05) is 0 Å². The highest BCUT2D eigenvalue weighted by Crippen LogP contribution is 2.30. The molecule has 0 nitrogen and oxygen atoms in total. The van der Waals surface area contributed by atoms with Crippen molar-refractivity contribution < 1.29 is 0 Å². The first-order valence-electron chi connectivity index (χ1n) is 8.71. The summed E-state index contributed by atoms with van der Waals surface area (Å²) in [5.74, 6) is 0. The predicted octanol–water partition coefficient (Wildman–Crippen LogP) is 4.93. The van der Waals surface area contributed by atoms with Crippen LogP contribution in [-0.2, 0) is 0 Å². The van der Waals surface area contributed by atoms with Crippen molar-refractivity contribution in [3.8, 4) is 0 Å². The van der Waals surface area contributed by atoms with Crippen LogP contribution in [0, 0.1) is 0 Å². The predicted molar refractivity (Wildman–Crippen MR) is 106 cm³/mol. The molecule has 118 valence electrons. The lowest BCUT2D eigenvalue weighted by molar-refractivity contribution is 1.16. The van der Waals surface area contributed by atoms with E-state index in [0.29, 0.717) is 0 Å². The van der Waals surface area contributed by atoms with Gasteiger partial charge in [-0.2, -0.15) is 0 Å². The minimum atomic E-state index is -1.64. The lowest BCUT2D eigenvalue weighted by Gasteiger charge is -2.39. The average molecular weight is 327 g/mol. The average Bonchev–Trinajstić information content (AvgIpc) is 2.61. The topological polar surface area (TPSA) is 0 Å². The number of rotatable bonds is 7. The zero-order valence-corrected chi connectivity index (χ0v) is 16.6. The fourth-order valence-corrected chi connectivity index (χ4v) is 18.2. The molecule has 2 aromatic carbocycles. The summed E-state index contributed by atoms with van der Waals surface area (Å²) < 4.78 is 0. The zero-order valence-electron chi connectivity index (χ0n) is 14.6. The Labute approximate surface area is 138 Å². The van der Waals surface area contributed by atoms with Gasteiger partial charge in [0.05, 0.1) is 8.07 Å². The standard InChI is InChI=1S/C20H30Si2/c1-5-22(6-2,7-3)18-21(4,19-14-10-8-11-15-19)20-16-12-9-13-17-20/h8-17H,5-7,18H2,1-4H3. The Hall–Kier alpha value is -1.13. The molecule has 0 amide bonds. The summed E-state index contributed by atoms with van der Waals surface area (Å²) >= 11 is 0. The summed E-state index contributed by atoms with van der Waals surface area (Å²) in [4.78, 5) is 0.